The number of carbonyl (C=O) groups is 1. The van der Waals surface area contributed by atoms with Gasteiger partial charge in [-0.3, -0.25) is 4.79 Å². The average molecular weight is 286 g/mol. The fourth-order valence-electron chi connectivity index (χ4n) is 2.57. The summed E-state index contributed by atoms with van der Waals surface area (Å²) in [4.78, 5) is 19.0. The second-order valence-electron chi connectivity index (χ2n) is 5.12. The first-order valence-electron chi connectivity index (χ1n) is 7.08. The van der Waals surface area contributed by atoms with Gasteiger partial charge in [-0.1, -0.05) is 25.1 Å². The van der Waals surface area contributed by atoms with Crippen LogP contribution in [-0.4, -0.2) is 22.3 Å². The van der Waals surface area contributed by atoms with Crippen LogP contribution in [0.1, 0.15) is 40.0 Å². The SMILES string of the molecule is CCCc1nc(CN2CCc3ccccc3C2=O)cs1. The molecule has 0 unspecified atom stereocenters. The van der Waals surface area contributed by atoms with Crippen molar-refractivity contribution < 1.29 is 4.79 Å². The van der Waals surface area contributed by atoms with Gasteiger partial charge in [-0.25, -0.2) is 4.98 Å². The van der Waals surface area contributed by atoms with Gasteiger partial charge < -0.3 is 4.90 Å². The molecule has 2 heterocycles. The van der Waals surface area contributed by atoms with E-state index in [0.29, 0.717) is 6.54 Å². The Labute approximate surface area is 123 Å². The van der Waals surface area contributed by atoms with Crippen LogP contribution in [0.15, 0.2) is 29.6 Å². The van der Waals surface area contributed by atoms with Crippen LogP contribution >= 0.6 is 11.3 Å². The van der Waals surface area contributed by atoms with Crippen molar-refractivity contribution in [3.05, 3.63) is 51.5 Å². The molecule has 4 heteroatoms. The Morgan fingerprint density at radius 1 is 1.35 bits per heavy atom. The summed E-state index contributed by atoms with van der Waals surface area (Å²) in [6.45, 7) is 3.58. The summed E-state index contributed by atoms with van der Waals surface area (Å²) in [5, 5.41) is 3.26. The second-order valence-corrected chi connectivity index (χ2v) is 6.06. The maximum atomic E-state index is 12.5. The van der Waals surface area contributed by atoms with E-state index in [1.165, 1.54) is 10.6 Å². The van der Waals surface area contributed by atoms with Gasteiger partial charge in [0.15, 0.2) is 0 Å². The Morgan fingerprint density at radius 3 is 3.05 bits per heavy atom. The van der Waals surface area contributed by atoms with Crippen molar-refractivity contribution in [2.24, 2.45) is 0 Å². The molecule has 0 spiro atoms. The third-order valence-electron chi connectivity index (χ3n) is 3.60. The number of aromatic nitrogens is 1. The number of nitrogens with zero attached hydrogens (tertiary/aromatic N) is 2. The highest BCUT2D eigenvalue weighted by Gasteiger charge is 2.24. The number of thiazole rings is 1. The minimum atomic E-state index is 0.136. The van der Waals surface area contributed by atoms with Crippen LogP contribution in [0.2, 0.25) is 0 Å². The standard InChI is InChI=1S/C16H18N2OS/c1-2-5-15-17-13(11-20-15)10-18-9-8-12-6-3-4-7-14(12)16(18)19/h3-4,6-7,11H,2,5,8-10H2,1H3. The Morgan fingerprint density at radius 2 is 2.20 bits per heavy atom. The molecule has 1 aromatic carbocycles. The normalized spacial score (nSPS) is 14.4. The van der Waals surface area contributed by atoms with Crippen molar-refractivity contribution in [1.82, 2.24) is 9.88 Å². The molecule has 0 atom stereocenters. The molecule has 0 aliphatic carbocycles. The monoisotopic (exact) mass is 286 g/mol. The highest BCUT2D eigenvalue weighted by Crippen LogP contribution is 2.21. The lowest BCUT2D eigenvalue weighted by Gasteiger charge is -2.27. The van der Waals surface area contributed by atoms with Gasteiger partial charge in [0.1, 0.15) is 0 Å². The van der Waals surface area contributed by atoms with E-state index in [0.717, 1.165) is 37.1 Å². The van der Waals surface area contributed by atoms with Crippen LogP contribution in [-0.2, 0) is 19.4 Å². The van der Waals surface area contributed by atoms with Crippen molar-refractivity contribution >= 4 is 17.2 Å². The Bertz CT molecular complexity index is 620. The molecule has 104 valence electrons. The molecule has 2 aromatic rings. The van der Waals surface area contributed by atoms with Crippen LogP contribution in [0.3, 0.4) is 0 Å². The number of rotatable bonds is 4. The molecule has 0 radical (unpaired) electrons. The fraction of sp³-hybridized carbons (Fsp3) is 0.375. The maximum Gasteiger partial charge on any atom is 0.254 e. The molecule has 3 nitrogen and oxygen atoms in total. The van der Waals surface area contributed by atoms with Gasteiger partial charge >= 0.3 is 0 Å². The summed E-state index contributed by atoms with van der Waals surface area (Å²) in [6.07, 6.45) is 3.08. The summed E-state index contributed by atoms with van der Waals surface area (Å²) in [5.74, 6) is 0.136. The number of aryl methyl sites for hydroxylation is 1. The first-order valence-corrected chi connectivity index (χ1v) is 7.96. The van der Waals surface area contributed by atoms with Gasteiger partial charge in [0, 0.05) is 17.5 Å². The third kappa shape index (κ3) is 2.61. The number of benzene rings is 1. The summed E-state index contributed by atoms with van der Waals surface area (Å²) in [6, 6.07) is 7.90. The number of hydrogen-bond donors (Lipinski definition) is 0. The van der Waals surface area contributed by atoms with E-state index >= 15 is 0 Å². The summed E-state index contributed by atoms with van der Waals surface area (Å²) in [7, 11) is 0. The molecule has 1 aliphatic rings. The van der Waals surface area contributed by atoms with E-state index < -0.39 is 0 Å². The smallest absolute Gasteiger partial charge is 0.254 e. The number of hydrogen-bond acceptors (Lipinski definition) is 3. The molecule has 1 amide bonds. The quantitative estimate of drug-likeness (QED) is 0.864. The van der Waals surface area contributed by atoms with E-state index in [4.69, 9.17) is 0 Å². The van der Waals surface area contributed by atoms with Gasteiger partial charge in [-0.2, -0.15) is 0 Å². The maximum absolute atomic E-state index is 12.5. The topological polar surface area (TPSA) is 33.2 Å². The lowest BCUT2D eigenvalue weighted by Crippen LogP contribution is -2.37. The molecular weight excluding hydrogens is 268 g/mol. The van der Waals surface area contributed by atoms with Gasteiger partial charge in [0.25, 0.3) is 5.91 Å². The molecule has 20 heavy (non-hydrogen) atoms. The molecule has 1 aliphatic heterocycles. The number of amides is 1. The highest BCUT2D eigenvalue weighted by atomic mass is 32.1. The van der Waals surface area contributed by atoms with Gasteiger partial charge in [-0.15, -0.1) is 11.3 Å². The molecule has 0 N–H and O–H groups in total. The molecule has 1 aromatic heterocycles. The zero-order valence-electron chi connectivity index (χ0n) is 11.6. The lowest BCUT2D eigenvalue weighted by atomic mass is 9.99. The Balaban J connectivity index is 1.74. The zero-order chi connectivity index (χ0) is 13.9. The molecular formula is C16H18N2OS. The zero-order valence-corrected chi connectivity index (χ0v) is 12.4. The average Bonchev–Trinajstić information content (AvgIpc) is 2.90. The van der Waals surface area contributed by atoms with Crippen LogP contribution in [0.25, 0.3) is 0 Å². The van der Waals surface area contributed by atoms with Crippen LogP contribution < -0.4 is 0 Å². The highest BCUT2D eigenvalue weighted by molar-refractivity contribution is 7.09. The van der Waals surface area contributed by atoms with Gasteiger partial charge in [0.2, 0.25) is 0 Å². The summed E-state index contributed by atoms with van der Waals surface area (Å²) < 4.78 is 0. The summed E-state index contributed by atoms with van der Waals surface area (Å²) in [5.41, 5.74) is 3.03. The lowest BCUT2D eigenvalue weighted by molar-refractivity contribution is 0.0725. The van der Waals surface area contributed by atoms with Crippen molar-refractivity contribution in [3.8, 4) is 0 Å². The first kappa shape index (κ1) is 13.3. The van der Waals surface area contributed by atoms with Crippen molar-refractivity contribution in [1.29, 1.82) is 0 Å². The van der Waals surface area contributed by atoms with Crippen molar-refractivity contribution in [2.75, 3.05) is 6.54 Å². The Kier molecular flexibility index (Phi) is 3.83. The van der Waals surface area contributed by atoms with Crippen LogP contribution in [0, 0.1) is 0 Å². The van der Waals surface area contributed by atoms with Gasteiger partial charge in [0.05, 0.1) is 17.2 Å². The van der Waals surface area contributed by atoms with E-state index in [1.807, 2.05) is 29.2 Å². The molecule has 0 bridgehead atoms. The first-order chi connectivity index (χ1) is 9.78. The van der Waals surface area contributed by atoms with Crippen molar-refractivity contribution in [3.63, 3.8) is 0 Å². The largest absolute Gasteiger partial charge is 0.332 e. The van der Waals surface area contributed by atoms with E-state index in [2.05, 4.69) is 17.3 Å². The number of fused-ring (bicyclic) bond motifs is 1. The number of carbonyl (C=O) groups excluding carboxylic acids is 1. The summed E-state index contributed by atoms with van der Waals surface area (Å²) >= 11 is 1.70. The molecule has 0 saturated heterocycles. The van der Waals surface area contributed by atoms with Crippen LogP contribution in [0.5, 0.6) is 0 Å². The fourth-order valence-corrected chi connectivity index (χ4v) is 3.46. The molecule has 0 saturated carbocycles. The third-order valence-corrected chi connectivity index (χ3v) is 4.56. The van der Waals surface area contributed by atoms with Gasteiger partial charge in [-0.05, 0) is 30.9 Å². The second kappa shape index (κ2) is 5.75. The van der Waals surface area contributed by atoms with E-state index in [1.54, 1.807) is 11.3 Å². The van der Waals surface area contributed by atoms with Crippen LogP contribution in [0.4, 0.5) is 0 Å². The van der Waals surface area contributed by atoms with E-state index in [-0.39, 0.29) is 5.91 Å². The molecule has 0 fully saturated rings. The Hall–Kier alpha value is -1.68. The predicted octanol–water partition coefficient (Wildman–Crippen LogP) is 3.29. The molecule has 3 rings (SSSR count). The minimum absolute atomic E-state index is 0.136. The van der Waals surface area contributed by atoms with Crippen molar-refractivity contribution in [2.45, 2.75) is 32.7 Å². The minimum Gasteiger partial charge on any atom is -0.332 e. The van der Waals surface area contributed by atoms with E-state index in [9.17, 15) is 4.79 Å². The predicted molar refractivity (Wildman–Crippen MR) is 81.0 cm³/mol.